The second-order valence-corrected chi connectivity index (χ2v) is 7.77. The van der Waals surface area contributed by atoms with Crippen LogP contribution in [0.2, 0.25) is 0 Å². The average Bonchev–Trinajstić information content (AvgIpc) is 2.79. The Morgan fingerprint density at radius 3 is 2.87 bits per heavy atom. The fourth-order valence-corrected chi connectivity index (χ4v) is 4.21. The molecule has 2 aromatic carbocycles. The van der Waals surface area contributed by atoms with Crippen LogP contribution in [0, 0.1) is 0 Å². The molecule has 0 aliphatic carbocycles. The molecule has 3 aromatic rings. The van der Waals surface area contributed by atoms with Crippen LogP contribution in [-0.4, -0.2) is 30.8 Å². The maximum absolute atomic E-state index is 13.8. The molecular weight excluding hydrogens is 394 g/mol. The first kappa shape index (κ1) is 21.1. The lowest BCUT2D eigenvalue weighted by atomic mass is 9.98. The molecule has 162 valence electrons. The third-order valence-electron chi connectivity index (χ3n) is 5.68. The molecule has 0 saturated carbocycles. The number of aliphatic hydroxyl groups is 1. The number of hydrogen-bond acceptors (Lipinski definition) is 5. The third kappa shape index (κ3) is 4.21. The number of hydrogen-bond donors (Lipinski definition) is 1. The molecule has 0 saturated heterocycles. The quantitative estimate of drug-likeness (QED) is 0.581. The molecule has 31 heavy (non-hydrogen) atoms. The van der Waals surface area contributed by atoms with Crippen LogP contribution in [0.15, 0.2) is 51.7 Å². The fourth-order valence-electron chi connectivity index (χ4n) is 4.21. The van der Waals surface area contributed by atoms with Crippen molar-refractivity contribution < 1.29 is 19.1 Å². The van der Waals surface area contributed by atoms with Crippen LogP contribution in [0.25, 0.3) is 11.0 Å². The van der Waals surface area contributed by atoms with Crippen LogP contribution in [0.4, 0.5) is 5.69 Å². The highest BCUT2D eigenvalue weighted by atomic mass is 16.5. The number of amides is 1. The highest BCUT2D eigenvalue weighted by Gasteiger charge is 2.29. The number of carbonyl (C=O) groups is 1. The van der Waals surface area contributed by atoms with Gasteiger partial charge >= 0.3 is 5.63 Å². The first-order valence-electron chi connectivity index (χ1n) is 10.9. The van der Waals surface area contributed by atoms with Crippen molar-refractivity contribution in [2.24, 2.45) is 0 Å². The molecule has 0 bridgehead atoms. The lowest BCUT2D eigenvalue weighted by Gasteiger charge is -2.30. The van der Waals surface area contributed by atoms with E-state index in [0.29, 0.717) is 12.3 Å². The summed E-state index contributed by atoms with van der Waals surface area (Å²) >= 11 is 0. The van der Waals surface area contributed by atoms with Gasteiger partial charge in [0.25, 0.3) is 5.91 Å². The van der Waals surface area contributed by atoms with Crippen molar-refractivity contribution in [1.82, 2.24) is 0 Å². The van der Waals surface area contributed by atoms with Crippen molar-refractivity contribution >= 4 is 22.6 Å². The van der Waals surface area contributed by atoms with Crippen molar-refractivity contribution in [3.8, 4) is 5.75 Å². The van der Waals surface area contributed by atoms with Gasteiger partial charge in [-0.1, -0.05) is 31.5 Å². The Morgan fingerprint density at radius 2 is 2.06 bits per heavy atom. The molecule has 2 heterocycles. The van der Waals surface area contributed by atoms with Gasteiger partial charge in [0.15, 0.2) is 5.58 Å². The largest absolute Gasteiger partial charge is 0.490 e. The van der Waals surface area contributed by atoms with Gasteiger partial charge in [0, 0.05) is 23.7 Å². The Kier molecular flexibility index (Phi) is 6.37. The number of rotatable bonds is 7. The van der Waals surface area contributed by atoms with E-state index in [0.717, 1.165) is 54.3 Å². The third-order valence-corrected chi connectivity index (χ3v) is 5.68. The molecule has 6 heteroatoms. The van der Waals surface area contributed by atoms with Crippen molar-refractivity contribution in [3.63, 3.8) is 0 Å². The molecule has 0 unspecified atom stereocenters. The smallest absolute Gasteiger partial charge is 0.336 e. The number of carbonyl (C=O) groups excluding carboxylic acids is 1. The summed E-state index contributed by atoms with van der Waals surface area (Å²) in [4.78, 5) is 27.9. The Hall–Kier alpha value is -3.12. The normalized spacial score (nSPS) is 13.3. The van der Waals surface area contributed by atoms with Gasteiger partial charge in [0.1, 0.15) is 17.9 Å². The van der Waals surface area contributed by atoms with Crippen molar-refractivity contribution in [3.05, 3.63) is 69.6 Å². The van der Waals surface area contributed by atoms with Crippen LogP contribution >= 0.6 is 0 Å². The van der Waals surface area contributed by atoms with Gasteiger partial charge < -0.3 is 19.2 Å². The van der Waals surface area contributed by atoms with E-state index in [9.17, 15) is 14.7 Å². The Balaban J connectivity index is 1.89. The summed E-state index contributed by atoms with van der Waals surface area (Å²) in [5.41, 5.74) is 2.86. The lowest BCUT2D eigenvalue weighted by Crippen LogP contribution is -2.36. The van der Waals surface area contributed by atoms with Gasteiger partial charge in [-0.25, -0.2) is 4.79 Å². The van der Waals surface area contributed by atoms with Crippen LogP contribution in [0.1, 0.15) is 47.7 Å². The monoisotopic (exact) mass is 421 g/mol. The zero-order chi connectivity index (χ0) is 21.8. The molecular formula is C25H27NO5. The fraction of sp³-hybridized carbons (Fsp3) is 0.360. The second-order valence-electron chi connectivity index (χ2n) is 7.77. The minimum absolute atomic E-state index is 0.0438. The first-order chi connectivity index (χ1) is 15.1. The summed E-state index contributed by atoms with van der Waals surface area (Å²) in [6, 6.07) is 12.9. The number of aryl methyl sites for hydroxylation is 2. The Morgan fingerprint density at radius 1 is 1.23 bits per heavy atom. The Bertz CT molecular complexity index is 1150. The number of unbranched alkanes of at least 4 members (excludes halogenated alkanes) is 1. The zero-order valence-electron chi connectivity index (χ0n) is 17.7. The van der Waals surface area contributed by atoms with Gasteiger partial charge in [-0.3, -0.25) is 4.79 Å². The maximum atomic E-state index is 13.8. The van der Waals surface area contributed by atoms with Gasteiger partial charge in [-0.2, -0.15) is 0 Å². The molecule has 4 rings (SSSR count). The van der Waals surface area contributed by atoms with Crippen LogP contribution in [-0.2, 0) is 12.8 Å². The molecule has 0 atom stereocenters. The van der Waals surface area contributed by atoms with E-state index >= 15 is 0 Å². The number of ether oxygens (including phenoxy) is 1. The van der Waals surface area contributed by atoms with E-state index in [4.69, 9.17) is 9.15 Å². The molecule has 0 radical (unpaired) electrons. The van der Waals surface area contributed by atoms with Crippen LogP contribution in [0.3, 0.4) is 0 Å². The van der Waals surface area contributed by atoms with E-state index < -0.39 is 5.63 Å². The first-order valence-corrected chi connectivity index (χ1v) is 10.9. The number of anilines is 1. The summed E-state index contributed by atoms with van der Waals surface area (Å²) in [7, 11) is 0. The summed E-state index contributed by atoms with van der Waals surface area (Å²) in [5, 5.41) is 9.99. The molecule has 6 nitrogen and oxygen atoms in total. The summed E-state index contributed by atoms with van der Waals surface area (Å²) in [5.74, 6) is 0.0480. The number of benzene rings is 2. The molecule has 1 aliphatic heterocycles. The zero-order valence-corrected chi connectivity index (χ0v) is 17.7. The van der Waals surface area contributed by atoms with E-state index in [1.807, 2.05) is 30.3 Å². The summed E-state index contributed by atoms with van der Waals surface area (Å²) < 4.78 is 11.3. The van der Waals surface area contributed by atoms with E-state index in [2.05, 4.69) is 6.92 Å². The number of fused-ring (bicyclic) bond motifs is 2. The van der Waals surface area contributed by atoms with Gasteiger partial charge in [-0.05, 0) is 55.0 Å². The molecule has 1 aliphatic rings. The molecule has 1 amide bonds. The van der Waals surface area contributed by atoms with Crippen LogP contribution in [0.5, 0.6) is 5.75 Å². The molecule has 1 aromatic heterocycles. The molecule has 1 N–H and O–H groups in total. The number of nitrogens with zero attached hydrogens (tertiary/aromatic N) is 1. The van der Waals surface area contributed by atoms with Gasteiger partial charge in [-0.15, -0.1) is 0 Å². The second kappa shape index (κ2) is 9.35. The predicted molar refractivity (Wildman–Crippen MR) is 120 cm³/mol. The standard InChI is InChI=1S/C25H27NO5/c1-2-3-7-18-16-22(28)31-24-19(18)11-12-21(30-15-14-27)23(24)25(29)26-13-6-9-17-8-4-5-10-20(17)26/h4-5,8,10-12,16,27H,2-3,6-7,9,13-15H2,1H3. The predicted octanol–water partition coefficient (Wildman–Crippen LogP) is 4.10. The number of aliphatic hydroxyl groups excluding tert-OH is 1. The Labute approximate surface area is 181 Å². The van der Waals surface area contributed by atoms with Crippen LogP contribution < -0.4 is 15.3 Å². The highest BCUT2D eigenvalue weighted by Crippen LogP contribution is 2.34. The van der Waals surface area contributed by atoms with Crippen molar-refractivity contribution in [2.45, 2.75) is 39.0 Å². The SMILES string of the molecule is CCCCc1cc(=O)oc2c(C(=O)N3CCCc4ccccc43)c(OCCO)ccc12. The van der Waals surface area contributed by atoms with Crippen molar-refractivity contribution in [1.29, 1.82) is 0 Å². The van der Waals surface area contributed by atoms with Gasteiger partial charge in [0.2, 0.25) is 0 Å². The van der Waals surface area contributed by atoms with Crippen molar-refractivity contribution in [2.75, 3.05) is 24.7 Å². The minimum Gasteiger partial charge on any atom is -0.490 e. The van der Waals surface area contributed by atoms with E-state index in [1.54, 1.807) is 11.0 Å². The molecule has 0 spiro atoms. The summed E-state index contributed by atoms with van der Waals surface area (Å²) in [6.07, 6.45) is 4.43. The highest BCUT2D eigenvalue weighted by molar-refractivity contribution is 6.15. The van der Waals surface area contributed by atoms with E-state index in [1.165, 1.54) is 6.07 Å². The lowest BCUT2D eigenvalue weighted by molar-refractivity contribution is 0.0980. The minimum atomic E-state index is -0.481. The summed E-state index contributed by atoms with van der Waals surface area (Å²) in [6.45, 7) is 2.53. The van der Waals surface area contributed by atoms with Gasteiger partial charge in [0.05, 0.1) is 6.61 Å². The molecule has 0 fully saturated rings. The average molecular weight is 421 g/mol. The maximum Gasteiger partial charge on any atom is 0.336 e. The van der Waals surface area contributed by atoms with E-state index in [-0.39, 0.29) is 30.3 Å². The number of para-hydroxylation sites is 1. The topological polar surface area (TPSA) is 80.0 Å².